The van der Waals surface area contributed by atoms with Crippen LogP contribution in [0.5, 0.6) is 0 Å². The maximum atomic E-state index is 13.2. The van der Waals surface area contributed by atoms with Crippen molar-refractivity contribution >= 4 is 39.0 Å². The molecular weight excluding hydrogens is 424 g/mol. The van der Waals surface area contributed by atoms with Crippen LogP contribution in [-0.2, 0) is 16.6 Å². The molecule has 7 nitrogen and oxygen atoms in total. The van der Waals surface area contributed by atoms with Gasteiger partial charge in [0.1, 0.15) is 5.82 Å². The molecule has 2 aromatic carbocycles. The average Bonchev–Trinajstić information content (AvgIpc) is 3.16. The van der Waals surface area contributed by atoms with Crippen molar-refractivity contribution in [1.29, 1.82) is 0 Å². The van der Waals surface area contributed by atoms with E-state index in [2.05, 4.69) is 10.4 Å². The second-order valence-electron chi connectivity index (χ2n) is 6.54. The Morgan fingerprint density at radius 3 is 2.53 bits per heavy atom. The van der Waals surface area contributed by atoms with Crippen molar-refractivity contribution in [2.24, 2.45) is 0 Å². The lowest BCUT2D eigenvalue weighted by molar-refractivity contribution is 0.102. The summed E-state index contributed by atoms with van der Waals surface area (Å²) in [6.45, 7) is 4.65. The van der Waals surface area contributed by atoms with Crippen LogP contribution >= 0.6 is 11.6 Å². The number of anilines is 2. The van der Waals surface area contributed by atoms with Crippen molar-refractivity contribution in [3.8, 4) is 0 Å². The number of aryl methyl sites for hydroxylation is 1. The maximum absolute atomic E-state index is 13.2. The molecule has 158 valence electrons. The van der Waals surface area contributed by atoms with Crippen molar-refractivity contribution in [2.45, 2.75) is 31.7 Å². The number of carbonyl (C=O) groups excluding carboxylic acids is 1. The summed E-state index contributed by atoms with van der Waals surface area (Å²) in [7, 11) is -3.88. The lowest BCUT2D eigenvalue weighted by atomic mass is 10.2. The van der Waals surface area contributed by atoms with Crippen molar-refractivity contribution in [3.05, 3.63) is 71.4 Å². The van der Waals surface area contributed by atoms with Gasteiger partial charge >= 0.3 is 0 Å². The van der Waals surface area contributed by atoms with Gasteiger partial charge in [-0.2, -0.15) is 5.10 Å². The van der Waals surface area contributed by atoms with Crippen molar-refractivity contribution in [1.82, 2.24) is 9.78 Å². The Morgan fingerprint density at radius 1 is 1.13 bits per heavy atom. The molecule has 0 bridgehead atoms. The topological polar surface area (TPSA) is 84.3 Å². The number of benzene rings is 2. The van der Waals surface area contributed by atoms with Crippen LogP contribution in [0, 0.1) is 0 Å². The summed E-state index contributed by atoms with van der Waals surface area (Å²) in [5, 5.41) is 7.08. The molecule has 0 fully saturated rings. The number of hydrogen-bond acceptors (Lipinski definition) is 4. The lowest BCUT2D eigenvalue weighted by Gasteiger charge is -2.23. The molecule has 9 heteroatoms. The first kappa shape index (κ1) is 21.9. The van der Waals surface area contributed by atoms with Crippen LogP contribution in [0.4, 0.5) is 11.5 Å². The van der Waals surface area contributed by atoms with Crippen molar-refractivity contribution in [2.75, 3.05) is 16.2 Å². The van der Waals surface area contributed by atoms with Gasteiger partial charge in [0.15, 0.2) is 0 Å². The summed E-state index contributed by atoms with van der Waals surface area (Å²) >= 11 is 6.22. The zero-order valence-corrected chi connectivity index (χ0v) is 18.3. The van der Waals surface area contributed by atoms with E-state index in [9.17, 15) is 13.2 Å². The predicted molar refractivity (Wildman–Crippen MR) is 119 cm³/mol. The SMILES string of the molecule is CCCn1nccc1NC(=O)c1cc(S(=O)(=O)N(CC)c2ccccc2)ccc1Cl. The van der Waals surface area contributed by atoms with Crippen LogP contribution in [0.3, 0.4) is 0 Å². The molecule has 0 spiro atoms. The van der Waals surface area contributed by atoms with Gasteiger partial charge in [-0.1, -0.05) is 36.7 Å². The molecule has 0 unspecified atom stereocenters. The Labute approximate surface area is 181 Å². The summed E-state index contributed by atoms with van der Waals surface area (Å²) in [4.78, 5) is 12.8. The summed E-state index contributed by atoms with van der Waals surface area (Å²) < 4.78 is 29.4. The van der Waals surface area contributed by atoms with Gasteiger partial charge in [0.05, 0.1) is 27.4 Å². The zero-order valence-electron chi connectivity index (χ0n) is 16.7. The molecule has 1 heterocycles. The van der Waals surface area contributed by atoms with Crippen molar-refractivity contribution < 1.29 is 13.2 Å². The summed E-state index contributed by atoms with van der Waals surface area (Å²) in [6.07, 6.45) is 2.44. The molecule has 0 aliphatic rings. The van der Waals surface area contributed by atoms with E-state index in [1.54, 1.807) is 48.1 Å². The monoisotopic (exact) mass is 446 g/mol. The third-order valence-corrected chi connectivity index (χ3v) is 6.72. The number of carbonyl (C=O) groups is 1. The van der Waals surface area contributed by atoms with Gasteiger partial charge in [0, 0.05) is 19.2 Å². The van der Waals surface area contributed by atoms with Crippen LogP contribution in [0.1, 0.15) is 30.6 Å². The minimum Gasteiger partial charge on any atom is -0.307 e. The third kappa shape index (κ3) is 4.49. The van der Waals surface area contributed by atoms with Gasteiger partial charge in [-0.05, 0) is 43.7 Å². The Morgan fingerprint density at radius 2 is 1.87 bits per heavy atom. The second kappa shape index (κ2) is 9.32. The number of para-hydroxylation sites is 1. The zero-order chi connectivity index (χ0) is 21.7. The second-order valence-corrected chi connectivity index (χ2v) is 8.81. The number of halogens is 1. The van der Waals surface area contributed by atoms with Gasteiger partial charge in [-0.25, -0.2) is 13.1 Å². The molecule has 0 saturated carbocycles. The van der Waals surface area contributed by atoms with E-state index < -0.39 is 15.9 Å². The van der Waals surface area contributed by atoms with E-state index in [1.165, 1.54) is 22.5 Å². The number of hydrogen-bond donors (Lipinski definition) is 1. The van der Waals surface area contributed by atoms with Gasteiger partial charge in [0.25, 0.3) is 15.9 Å². The number of aromatic nitrogens is 2. The van der Waals surface area contributed by atoms with Crippen LogP contribution in [0.2, 0.25) is 5.02 Å². The molecule has 0 radical (unpaired) electrons. The minimum atomic E-state index is -3.88. The number of rotatable bonds is 8. The summed E-state index contributed by atoms with van der Waals surface area (Å²) in [6, 6.07) is 14.6. The molecule has 1 aromatic heterocycles. The predicted octanol–water partition coefficient (Wildman–Crippen LogP) is 4.41. The highest BCUT2D eigenvalue weighted by Crippen LogP contribution is 2.27. The van der Waals surface area contributed by atoms with E-state index in [0.717, 1.165) is 6.42 Å². The van der Waals surface area contributed by atoms with Crippen LogP contribution < -0.4 is 9.62 Å². The van der Waals surface area contributed by atoms with Gasteiger partial charge in [-0.15, -0.1) is 0 Å². The highest BCUT2D eigenvalue weighted by atomic mass is 35.5. The minimum absolute atomic E-state index is 0.00943. The van der Waals surface area contributed by atoms with Crippen LogP contribution in [0.15, 0.2) is 65.7 Å². The van der Waals surface area contributed by atoms with E-state index in [-0.39, 0.29) is 22.0 Å². The fourth-order valence-electron chi connectivity index (χ4n) is 3.06. The first-order valence-electron chi connectivity index (χ1n) is 9.59. The number of sulfonamides is 1. The molecule has 1 N–H and O–H groups in total. The fraction of sp³-hybridized carbons (Fsp3) is 0.238. The van der Waals surface area contributed by atoms with E-state index in [4.69, 9.17) is 11.6 Å². The highest BCUT2D eigenvalue weighted by Gasteiger charge is 2.25. The number of amides is 1. The van der Waals surface area contributed by atoms with Crippen molar-refractivity contribution in [3.63, 3.8) is 0 Å². The largest absolute Gasteiger partial charge is 0.307 e. The fourth-order valence-corrected chi connectivity index (χ4v) is 4.77. The summed E-state index contributed by atoms with van der Waals surface area (Å²) in [5.41, 5.74) is 0.621. The number of nitrogens with one attached hydrogen (secondary N) is 1. The highest BCUT2D eigenvalue weighted by molar-refractivity contribution is 7.92. The third-order valence-electron chi connectivity index (χ3n) is 4.50. The summed E-state index contributed by atoms with van der Waals surface area (Å²) in [5.74, 6) is 0.0170. The quantitative estimate of drug-likeness (QED) is 0.555. The molecule has 30 heavy (non-hydrogen) atoms. The molecule has 0 saturated heterocycles. The average molecular weight is 447 g/mol. The molecular formula is C21H23ClN4O3S. The Bertz CT molecular complexity index is 1130. The molecule has 3 rings (SSSR count). The van der Waals surface area contributed by atoms with E-state index in [0.29, 0.717) is 18.1 Å². The lowest BCUT2D eigenvalue weighted by Crippen LogP contribution is -2.31. The normalized spacial score (nSPS) is 11.3. The number of nitrogens with zero attached hydrogens (tertiary/aromatic N) is 3. The Kier molecular flexibility index (Phi) is 6.79. The van der Waals surface area contributed by atoms with Crippen LogP contribution in [0.25, 0.3) is 0 Å². The van der Waals surface area contributed by atoms with Gasteiger partial charge in [-0.3, -0.25) is 9.10 Å². The van der Waals surface area contributed by atoms with Gasteiger partial charge in [0.2, 0.25) is 0 Å². The van der Waals surface area contributed by atoms with Crippen LogP contribution in [-0.4, -0.2) is 30.7 Å². The first-order chi connectivity index (χ1) is 14.4. The Hall–Kier alpha value is -2.84. The smallest absolute Gasteiger partial charge is 0.264 e. The molecule has 0 atom stereocenters. The molecule has 3 aromatic rings. The Balaban J connectivity index is 1.94. The molecule has 0 aliphatic carbocycles. The maximum Gasteiger partial charge on any atom is 0.264 e. The molecule has 0 aliphatic heterocycles. The molecule has 1 amide bonds. The van der Waals surface area contributed by atoms with E-state index in [1.807, 2.05) is 13.0 Å². The van der Waals surface area contributed by atoms with Gasteiger partial charge < -0.3 is 5.32 Å². The first-order valence-corrected chi connectivity index (χ1v) is 11.4. The van der Waals surface area contributed by atoms with E-state index >= 15 is 0 Å². The standard InChI is InChI=1S/C21H23ClN4O3S/c1-3-14-25-20(12-13-23-25)24-21(27)18-15-17(10-11-19(18)22)30(28,29)26(4-2)16-8-6-5-7-9-16/h5-13,15H,3-4,14H2,1-2H3,(H,24,27).